The van der Waals surface area contributed by atoms with Gasteiger partial charge in [0, 0.05) is 24.0 Å². The molecule has 2 aromatic heterocycles. The Labute approximate surface area is 213 Å². The molecule has 0 aliphatic heterocycles. The van der Waals surface area contributed by atoms with E-state index in [2.05, 4.69) is 20.7 Å². The Kier molecular flexibility index (Phi) is 7.04. The number of hydrogen-bond acceptors (Lipinski definition) is 5. The van der Waals surface area contributed by atoms with Gasteiger partial charge in [0.2, 0.25) is 0 Å². The number of hydrogen-bond donors (Lipinski definition) is 3. The molecule has 0 saturated heterocycles. The predicted octanol–water partition coefficient (Wildman–Crippen LogP) is 3.05. The maximum Gasteiger partial charge on any atom is 0.255 e. The maximum absolute atomic E-state index is 13.4. The first-order valence-electron chi connectivity index (χ1n) is 12.1. The van der Waals surface area contributed by atoms with Crippen LogP contribution in [0.5, 0.6) is 0 Å². The number of amides is 2. The van der Waals surface area contributed by atoms with Gasteiger partial charge in [-0.1, -0.05) is 30.3 Å². The van der Waals surface area contributed by atoms with Crippen molar-refractivity contribution in [1.29, 1.82) is 0 Å². The second-order valence-electron chi connectivity index (χ2n) is 9.02. The zero-order chi connectivity index (χ0) is 25.8. The van der Waals surface area contributed by atoms with Crippen molar-refractivity contribution in [1.82, 2.24) is 25.4 Å². The van der Waals surface area contributed by atoms with E-state index >= 15 is 0 Å². The van der Waals surface area contributed by atoms with Crippen LogP contribution in [0.4, 0.5) is 4.39 Å². The highest BCUT2D eigenvalue weighted by molar-refractivity contribution is 5.97. The molecule has 5 rings (SSSR count). The molecule has 0 radical (unpaired) electrons. The molecule has 1 aliphatic rings. The van der Waals surface area contributed by atoms with E-state index < -0.39 is 24.0 Å². The predicted molar refractivity (Wildman–Crippen MR) is 135 cm³/mol. The van der Waals surface area contributed by atoms with Crippen LogP contribution in [-0.4, -0.2) is 49.9 Å². The van der Waals surface area contributed by atoms with Gasteiger partial charge in [-0.2, -0.15) is 5.10 Å². The van der Waals surface area contributed by atoms with Crippen molar-refractivity contribution in [3.8, 4) is 17.1 Å². The van der Waals surface area contributed by atoms with Gasteiger partial charge in [-0.25, -0.2) is 14.1 Å². The second kappa shape index (κ2) is 10.7. The highest BCUT2D eigenvalue weighted by Gasteiger charge is 2.32. The molecule has 2 unspecified atom stereocenters. The molecule has 1 saturated carbocycles. The molecule has 8 nitrogen and oxygen atoms in total. The zero-order valence-electron chi connectivity index (χ0n) is 19.9. The Hall–Kier alpha value is -4.37. The molecular weight excluding hydrogens is 473 g/mol. The third-order valence-electron chi connectivity index (χ3n) is 6.17. The average molecular weight is 500 g/mol. The summed E-state index contributed by atoms with van der Waals surface area (Å²) in [6.45, 7) is 0. The number of aliphatic hydroxyl groups is 1. The monoisotopic (exact) mass is 499 g/mol. The standard InChI is InChI=1S/C28H26FN5O3/c29-20-10-8-19(9-11-20)23-14-16-34(33-23)26-22(7-4-15-30-26)27(36)32-24(17-18-5-2-1-3-6-18)25(35)28(37)31-21-12-13-21/h1-11,14-16,21,24-25,35H,12-13,17H2,(H,31,37)(H,32,36). The molecule has 0 bridgehead atoms. The third kappa shape index (κ3) is 5.90. The average Bonchev–Trinajstić information content (AvgIpc) is 3.60. The number of aliphatic hydroxyl groups excluding tert-OH is 1. The van der Waals surface area contributed by atoms with Gasteiger partial charge in [-0.05, 0) is 67.3 Å². The van der Waals surface area contributed by atoms with Gasteiger partial charge in [0.05, 0.1) is 17.3 Å². The van der Waals surface area contributed by atoms with Gasteiger partial charge in [-0.15, -0.1) is 0 Å². The minimum atomic E-state index is -1.43. The summed E-state index contributed by atoms with van der Waals surface area (Å²) in [5.74, 6) is -1.07. The van der Waals surface area contributed by atoms with Gasteiger partial charge >= 0.3 is 0 Å². The topological polar surface area (TPSA) is 109 Å². The van der Waals surface area contributed by atoms with Crippen LogP contribution in [0, 0.1) is 5.82 Å². The highest BCUT2D eigenvalue weighted by atomic mass is 19.1. The Balaban J connectivity index is 1.39. The van der Waals surface area contributed by atoms with Crippen LogP contribution in [0.2, 0.25) is 0 Å². The Morgan fingerprint density at radius 1 is 1.03 bits per heavy atom. The third-order valence-corrected chi connectivity index (χ3v) is 6.17. The number of benzene rings is 2. The number of rotatable bonds is 9. The molecule has 3 N–H and O–H groups in total. The largest absolute Gasteiger partial charge is 0.381 e. The molecule has 2 amide bonds. The van der Waals surface area contributed by atoms with Crippen LogP contribution in [0.15, 0.2) is 85.2 Å². The number of aromatic nitrogens is 3. The first kappa shape index (κ1) is 24.3. The van der Waals surface area contributed by atoms with Crippen LogP contribution in [0.3, 0.4) is 0 Å². The molecule has 9 heteroatoms. The van der Waals surface area contributed by atoms with Crippen molar-refractivity contribution < 1.29 is 19.1 Å². The molecule has 0 spiro atoms. The smallest absolute Gasteiger partial charge is 0.255 e. The molecule has 2 aromatic carbocycles. The van der Waals surface area contributed by atoms with E-state index in [0.717, 1.165) is 24.0 Å². The fraction of sp³-hybridized carbons (Fsp3) is 0.214. The number of carbonyl (C=O) groups is 2. The summed E-state index contributed by atoms with van der Waals surface area (Å²) in [6.07, 6.45) is 3.81. The summed E-state index contributed by atoms with van der Waals surface area (Å²) in [5, 5.41) is 21.0. The van der Waals surface area contributed by atoms with Gasteiger partial charge in [-0.3, -0.25) is 9.59 Å². The number of carbonyl (C=O) groups excluding carboxylic acids is 2. The summed E-state index contributed by atoms with van der Waals surface area (Å²) >= 11 is 0. The van der Waals surface area contributed by atoms with Crippen molar-refractivity contribution in [2.75, 3.05) is 0 Å². The van der Waals surface area contributed by atoms with Crippen LogP contribution in [-0.2, 0) is 11.2 Å². The van der Waals surface area contributed by atoms with Crippen molar-refractivity contribution in [3.63, 3.8) is 0 Å². The summed E-state index contributed by atoms with van der Waals surface area (Å²) in [6, 6.07) is 19.5. The van der Waals surface area contributed by atoms with Crippen LogP contribution >= 0.6 is 0 Å². The van der Waals surface area contributed by atoms with E-state index in [9.17, 15) is 19.1 Å². The molecule has 1 fully saturated rings. The van der Waals surface area contributed by atoms with E-state index in [-0.39, 0.29) is 29.7 Å². The molecule has 188 valence electrons. The van der Waals surface area contributed by atoms with Gasteiger partial charge in [0.25, 0.3) is 11.8 Å². The lowest BCUT2D eigenvalue weighted by atomic mass is 10.00. The van der Waals surface area contributed by atoms with E-state index in [1.54, 1.807) is 42.7 Å². The Morgan fingerprint density at radius 2 is 1.78 bits per heavy atom. The Bertz CT molecular complexity index is 1390. The molecular formula is C28H26FN5O3. The minimum Gasteiger partial charge on any atom is -0.381 e. The zero-order valence-corrected chi connectivity index (χ0v) is 19.9. The normalized spacial score (nSPS) is 14.5. The second-order valence-corrected chi connectivity index (χ2v) is 9.02. The molecule has 37 heavy (non-hydrogen) atoms. The maximum atomic E-state index is 13.4. The van der Waals surface area contributed by atoms with Crippen molar-refractivity contribution >= 4 is 11.8 Å². The van der Waals surface area contributed by atoms with E-state index in [1.165, 1.54) is 16.8 Å². The SMILES string of the molecule is O=C(NC(Cc1ccccc1)C(O)C(=O)NC1CC1)c1cccnc1-n1ccc(-c2ccc(F)cc2)n1. The quantitative estimate of drug-likeness (QED) is 0.328. The number of halogens is 1. The number of pyridine rings is 1. The molecule has 4 aromatic rings. The fourth-order valence-electron chi connectivity index (χ4n) is 4.03. The molecule has 2 heterocycles. The summed E-state index contributed by atoms with van der Waals surface area (Å²) in [5.41, 5.74) is 2.40. The van der Waals surface area contributed by atoms with Crippen molar-refractivity contribution in [3.05, 3.63) is 102 Å². The lowest BCUT2D eigenvalue weighted by molar-refractivity contribution is -0.130. The van der Waals surface area contributed by atoms with Crippen molar-refractivity contribution in [2.24, 2.45) is 0 Å². The lowest BCUT2D eigenvalue weighted by Crippen LogP contribution is -2.52. The fourth-order valence-corrected chi connectivity index (χ4v) is 4.03. The highest BCUT2D eigenvalue weighted by Crippen LogP contribution is 2.21. The summed E-state index contributed by atoms with van der Waals surface area (Å²) in [7, 11) is 0. The van der Waals surface area contributed by atoms with E-state index in [1.807, 2.05) is 30.3 Å². The van der Waals surface area contributed by atoms with E-state index in [4.69, 9.17) is 0 Å². The van der Waals surface area contributed by atoms with Gasteiger partial charge in [0.15, 0.2) is 11.9 Å². The Morgan fingerprint density at radius 3 is 2.51 bits per heavy atom. The number of nitrogens with zero attached hydrogens (tertiary/aromatic N) is 3. The van der Waals surface area contributed by atoms with Crippen LogP contribution in [0.25, 0.3) is 17.1 Å². The van der Waals surface area contributed by atoms with Gasteiger partial charge < -0.3 is 15.7 Å². The van der Waals surface area contributed by atoms with Crippen LogP contribution < -0.4 is 10.6 Å². The van der Waals surface area contributed by atoms with E-state index in [0.29, 0.717) is 5.69 Å². The van der Waals surface area contributed by atoms with Crippen LogP contribution in [0.1, 0.15) is 28.8 Å². The lowest BCUT2D eigenvalue weighted by Gasteiger charge is -2.24. The first-order chi connectivity index (χ1) is 18.0. The summed E-state index contributed by atoms with van der Waals surface area (Å²) < 4.78 is 14.8. The summed E-state index contributed by atoms with van der Waals surface area (Å²) in [4.78, 5) is 30.4. The van der Waals surface area contributed by atoms with Crippen molar-refractivity contribution in [2.45, 2.75) is 37.5 Å². The molecule has 2 atom stereocenters. The van der Waals surface area contributed by atoms with Gasteiger partial charge in [0.1, 0.15) is 5.82 Å². The molecule has 1 aliphatic carbocycles. The minimum absolute atomic E-state index is 0.0790. The first-order valence-corrected chi connectivity index (χ1v) is 12.1. The number of nitrogens with one attached hydrogen (secondary N) is 2.